The lowest BCUT2D eigenvalue weighted by atomic mass is 10.1. The van der Waals surface area contributed by atoms with Crippen LogP contribution in [0.1, 0.15) is 11.1 Å². The molecule has 1 amide bonds. The number of hydrogen-bond donors (Lipinski definition) is 1. The molecule has 0 fully saturated rings. The van der Waals surface area contributed by atoms with E-state index >= 15 is 0 Å². The van der Waals surface area contributed by atoms with Crippen LogP contribution in [0.5, 0.6) is 0 Å². The molecule has 4 nitrogen and oxygen atoms in total. The summed E-state index contributed by atoms with van der Waals surface area (Å²) in [7, 11) is 3.06. The van der Waals surface area contributed by atoms with Gasteiger partial charge < -0.3 is 5.32 Å². The summed E-state index contributed by atoms with van der Waals surface area (Å²) in [5.41, 5.74) is 3.28. The summed E-state index contributed by atoms with van der Waals surface area (Å²) in [5.74, 6) is -0.106. The van der Waals surface area contributed by atoms with Crippen molar-refractivity contribution in [2.24, 2.45) is 0 Å². The Morgan fingerprint density at radius 2 is 1.94 bits per heavy atom. The molecule has 0 unspecified atom stereocenters. The molecule has 0 bridgehead atoms. The first-order valence-electron chi connectivity index (χ1n) is 5.17. The van der Waals surface area contributed by atoms with Crippen LogP contribution in [-0.2, 0) is 9.63 Å². The fraction of sp³-hybridized carbons (Fsp3) is 0.417. The number of aryl methyl sites for hydroxylation is 2. The van der Waals surface area contributed by atoms with E-state index in [2.05, 4.69) is 5.32 Å². The number of para-hydroxylation sites is 1. The number of likely N-dealkylation sites (N-methyl/N-ethyl adjacent to an activating group) is 1. The van der Waals surface area contributed by atoms with Gasteiger partial charge in [0.2, 0.25) is 0 Å². The molecule has 1 aromatic rings. The molecule has 16 heavy (non-hydrogen) atoms. The van der Waals surface area contributed by atoms with Crippen molar-refractivity contribution in [1.82, 2.24) is 5.06 Å². The summed E-state index contributed by atoms with van der Waals surface area (Å²) in [6.45, 7) is 4.26. The standard InChI is InChI=1S/C12H18N2O2/c1-9-6-5-7-10(2)12(9)13-8-11(15)14(3)16-4/h5-7,13H,8H2,1-4H3. The van der Waals surface area contributed by atoms with Gasteiger partial charge in [-0.3, -0.25) is 9.63 Å². The Labute approximate surface area is 96.2 Å². The molecular formula is C12H18N2O2. The van der Waals surface area contributed by atoms with Gasteiger partial charge in [-0.1, -0.05) is 18.2 Å². The minimum atomic E-state index is -0.106. The summed E-state index contributed by atoms with van der Waals surface area (Å²) in [5, 5.41) is 4.33. The minimum Gasteiger partial charge on any atom is -0.376 e. The summed E-state index contributed by atoms with van der Waals surface area (Å²) < 4.78 is 0. The maximum atomic E-state index is 11.5. The Morgan fingerprint density at radius 1 is 1.38 bits per heavy atom. The van der Waals surface area contributed by atoms with Gasteiger partial charge in [-0.05, 0) is 25.0 Å². The zero-order valence-electron chi connectivity index (χ0n) is 10.2. The summed E-state index contributed by atoms with van der Waals surface area (Å²) in [6.07, 6.45) is 0. The van der Waals surface area contributed by atoms with Crippen LogP contribution in [-0.4, -0.2) is 31.7 Å². The van der Waals surface area contributed by atoms with Crippen molar-refractivity contribution < 1.29 is 9.63 Å². The second-order valence-corrected chi connectivity index (χ2v) is 3.69. The highest BCUT2D eigenvalue weighted by atomic mass is 16.7. The van der Waals surface area contributed by atoms with Gasteiger partial charge in [-0.15, -0.1) is 0 Å². The Balaban J connectivity index is 2.65. The van der Waals surface area contributed by atoms with Gasteiger partial charge in [0.1, 0.15) is 0 Å². The van der Waals surface area contributed by atoms with Crippen molar-refractivity contribution in [2.75, 3.05) is 26.0 Å². The van der Waals surface area contributed by atoms with E-state index in [1.54, 1.807) is 7.05 Å². The van der Waals surface area contributed by atoms with Gasteiger partial charge in [0, 0.05) is 12.7 Å². The van der Waals surface area contributed by atoms with E-state index < -0.39 is 0 Å². The van der Waals surface area contributed by atoms with Gasteiger partial charge in [-0.25, -0.2) is 5.06 Å². The fourth-order valence-corrected chi connectivity index (χ4v) is 1.47. The zero-order chi connectivity index (χ0) is 12.1. The van der Waals surface area contributed by atoms with Crippen LogP contribution >= 0.6 is 0 Å². The summed E-state index contributed by atoms with van der Waals surface area (Å²) >= 11 is 0. The number of nitrogens with zero attached hydrogens (tertiary/aromatic N) is 1. The molecule has 0 aliphatic carbocycles. The van der Waals surface area contributed by atoms with Crippen molar-refractivity contribution in [3.63, 3.8) is 0 Å². The topological polar surface area (TPSA) is 41.6 Å². The second kappa shape index (κ2) is 5.51. The molecule has 0 heterocycles. The molecule has 0 aliphatic heterocycles. The van der Waals surface area contributed by atoms with Crippen LogP contribution in [0, 0.1) is 13.8 Å². The maximum absolute atomic E-state index is 11.5. The van der Waals surface area contributed by atoms with Crippen LogP contribution < -0.4 is 5.32 Å². The molecular weight excluding hydrogens is 204 g/mol. The lowest BCUT2D eigenvalue weighted by Crippen LogP contribution is -2.31. The quantitative estimate of drug-likeness (QED) is 0.789. The molecule has 0 saturated carbocycles. The van der Waals surface area contributed by atoms with Crippen LogP contribution in [0.25, 0.3) is 0 Å². The fourth-order valence-electron chi connectivity index (χ4n) is 1.47. The average molecular weight is 222 g/mol. The van der Waals surface area contributed by atoms with Gasteiger partial charge >= 0.3 is 0 Å². The number of hydrogen-bond acceptors (Lipinski definition) is 3. The third-order valence-corrected chi connectivity index (χ3v) is 2.52. The van der Waals surface area contributed by atoms with Gasteiger partial charge in [0.15, 0.2) is 0 Å². The predicted octanol–water partition coefficient (Wildman–Crippen LogP) is 1.74. The normalized spacial score (nSPS) is 10.0. The molecule has 1 N–H and O–H groups in total. The van der Waals surface area contributed by atoms with Crippen molar-refractivity contribution >= 4 is 11.6 Å². The average Bonchev–Trinajstić information content (AvgIpc) is 2.27. The molecule has 0 aliphatic rings. The van der Waals surface area contributed by atoms with Gasteiger partial charge in [0.25, 0.3) is 5.91 Å². The molecule has 1 aromatic carbocycles. The lowest BCUT2D eigenvalue weighted by molar-refractivity contribution is -0.166. The molecule has 0 spiro atoms. The van der Waals surface area contributed by atoms with Crippen LogP contribution in [0.2, 0.25) is 0 Å². The predicted molar refractivity (Wildman–Crippen MR) is 64.2 cm³/mol. The number of carbonyl (C=O) groups is 1. The van der Waals surface area contributed by atoms with Crippen molar-refractivity contribution in [1.29, 1.82) is 0 Å². The number of hydroxylamine groups is 2. The minimum absolute atomic E-state index is 0.106. The molecule has 0 aromatic heterocycles. The number of rotatable bonds is 4. The summed E-state index contributed by atoms with van der Waals surface area (Å²) in [4.78, 5) is 16.3. The molecule has 4 heteroatoms. The van der Waals surface area contributed by atoms with Crippen LogP contribution in [0.3, 0.4) is 0 Å². The second-order valence-electron chi connectivity index (χ2n) is 3.69. The Kier molecular flexibility index (Phi) is 4.31. The van der Waals surface area contributed by atoms with E-state index in [4.69, 9.17) is 4.84 Å². The van der Waals surface area contributed by atoms with E-state index in [1.165, 1.54) is 12.2 Å². The number of carbonyl (C=O) groups excluding carboxylic acids is 1. The van der Waals surface area contributed by atoms with Crippen molar-refractivity contribution in [3.05, 3.63) is 29.3 Å². The first-order chi connectivity index (χ1) is 7.56. The molecule has 1 rings (SSSR count). The smallest absolute Gasteiger partial charge is 0.265 e. The van der Waals surface area contributed by atoms with E-state index in [1.807, 2.05) is 32.0 Å². The zero-order valence-corrected chi connectivity index (χ0v) is 10.2. The first kappa shape index (κ1) is 12.5. The first-order valence-corrected chi connectivity index (χ1v) is 5.17. The van der Waals surface area contributed by atoms with Crippen molar-refractivity contribution in [3.8, 4) is 0 Å². The van der Waals surface area contributed by atoms with E-state index in [0.717, 1.165) is 16.8 Å². The third-order valence-electron chi connectivity index (χ3n) is 2.52. The van der Waals surface area contributed by atoms with Crippen LogP contribution in [0.4, 0.5) is 5.69 Å². The Bertz CT molecular complexity index is 357. The van der Waals surface area contributed by atoms with Gasteiger partial charge in [0.05, 0.1) is 13.7 Å². The maximum Gasteiger partial charge on any atom is 0.265 e. The van der Waals surface area contributed by atoms with E-state index in [-0.39, 0.29) is 12.5 Å². The number of benzene rings is 1. The Morgan fingerprint density at radius 3 is 2.44 bits per heavy atom. The van der Waals surface area contributed by atoms with Crippen molar-refractivity contribution in [2.45, 2.75) is 13.8 Å². The monoisotopic (exact) mass is 222 g/mol. The number of anilines is 1. The highest BCUT2D eigenvalue weighted by molar-refractivity contribution is 5.80. The molecule has 0 saturated heterocycles. The number of nitrogens with one attached hydrogen (secondary N) is 1. The van der Waals surface area contributed by atoms with Gasteiger partial charge in [-0.2, -0.15) is 0 Å². The van der Waals surface area contributed by atoms with E-state index in [9.17, 15) is 4.79 Å². The largest absolute Gasteiger partial charge is 0.376 e. The highest BCUT2D eigenvalue weighted by Gasteiger charge is 2.08. The highest BCUT2D eigenvalue weighted by Crippen LogP contribution is 2.18. The SMILES string of the molecule is CON(C)C(=O)CNc1c(C)cccc1C. The molecule has 0 atom stereocenters. The van der Waals surface area contributed by atoms with E-state index in [0.29, 0.717) is 0 Å². The van der Waals surface area contributed by atoms with Crippen LogP contribution in [0.15, 0.2) is 18.2 Å². The summed E-state index contributed by atoms with van der Waals surface area (Å²) in [6, 6.07) is 6.03. The third kappa shape index (κ3) is 2.97. The molecule has 0 radical (unpaired) electrons. The lowest BCUT2D eigenvalue weighted by Gasteiger charge is -2.16. The molecule has 88 valence electrons. The Hall–Kier alpha value is -1.55. The number of amides is 1.